The van der Waals surface area contributed by atoms with Gasteiger partial charge in [0.2, 0.25) is 0 Å². The molecule has 0 fully saturated rings. The van der Waals surface area contributed by atoms with E-state index in [-0.39, 0.29) is 5.41 Å². The maximum absolute atomic E-state index is 4.77. The third-order valence-corrected chi connectivity index (χ3v) is 7.88. The second-order valence-electron chi connectivity index (χ2n) is 9.84. The van der Waals surface area contributed by atoms with E-state index in [2.05, 4.69) is 65.6 Å². The zero-order valence-corrected chi connectivity index (χ0v) is 20.4. The van der Waals surface area contributed by atoms with Crippen molar-refractivity contribution >= 4 is 33.4 Å². The summed E-state index contributed by atoms with van der Waals surface area (Å²) in [5.41, 5.74) is 6.67. The molecule has 0 aliphatic rings. The number of hydrogen-bond acceptors (Lipinski definition) is 5. The molecule has 3 heterocycles. The minimum Gasteiger partial charge on any atom is -0.253 e. The van der Waals surface area contributed by atoms with Crippen LogP contribution in [0.15, 0.2) is 36.9 Å². The highest BCUT2D eigenvalue weighted by molar-refractivity contribution is 7.13. The number of hydrogen-bond donors (Lipinski definition) is 0. The molecule has 4 aromatic rings. The molecule has 4 nitrogen and oxygen atoms in total. The van der Waals surface area contributed by atoms with Crippen LogP contribution in [0.2, 0.25) is 0 Å². The number of nitrogens with zero attached hydrogens (tertiary/aromatic N) is 4. The van der Waals surface area contributed by atoms with E-state index < -0.39 is 0 Å². The van der Waals surface area contributed by atoms with Gasteiger partial charge in [-0.25, -0.2) is 0 Å². The van der Waals surface area contributed by atoms with Crippen LogP contribution in [-0.4, -0.2) is 19.9 Å². The summed E-state index contributed by atoms with van der Waals surface area (Å²) in [5.74, 6) is 1.23. The van der Waals surface area contributed by atoms with Gasteiger partial charge in [0.25, 0.3) is 0 Å². The fraction of sp³-hybridized carbons (Fsp3) is 0.462. The van der Waals surface area contributed by atoms with Crippen molar-refractivity contribution in [2.24, 2.45) is 0 Å². The normalized spacial score (nSPS) is 13.6. The van der Waals surface area contributed by atoms with Crippen LogP contribution in [0.4, 0.5) is 0 Å². The topological polar surface area (TPSA) is 51.6 Å². The first-order valence-corrected chi connectivity index (χ1v) is 12.0. The second-order valence-corrected chi connectivity index (χ2v) is 10.9. The van der Waals surface area contributed by atoms with Crippen LogP contribution >= 0.6 is 11.3 Å². The molecule has 0 aliphatic heterocycles. The molecule has 3 aromatic heterocycles. The van der Waals surface area contributed by atoms with Crippen molar-refractivity contribution in [3.8, 4) is 0 Å². The number of aromatic nitrogens is 4. The van der Waals surface area contributed by atoms with Crippen LogP contribution < -0.4 is 0 Å². The van der Waals surface area contributed by atoms with Crippen LogP contribution in [0.25, 0.3) is 22.1 Å². The summed E-state index contributed by atoms with van der Waals surface area (Å²) < 4.78 is 0. The van der Waals surface area contributed by atoms with Gasteiger partial charge in [-0.2, -0.15) is 0 Å². The molecule has 162 valence electrons. The molecule has 1 unspecified atom stereocenters. The Hall–Kier alpha value is -2.40. The molecular weight excluding hydrogens is 400 g/mol. The van der Waals surface area contributed by atoms with Crippen molar-refractivity contribution in [3.05, 3.63) is 57.8 Å². The standard InChI is InChI=1S/C26H32N4S/c1-15(2)18-8-9-19(21-20(18)27-10-11-28-21)26(6,7)14-17(5)25-23-22(29-12-13-30-23)24(31-25)16(3)4/h8-13,15-17H,14H2,1-7H3. The molecule has 0 saturated carbocycles. The predicted octanol–water partition coefficient (Wildman–Crippen LogP) is 7.35. The van der Waals surface area contributed by atoms with Crippen molar-refractivity contribution in [2.75, 3.05) is 0 Å². The summed E-state index contributed by atoms with van der Waals surface area (Å²) in [6.07, 6.45) is 8.24. The van der Waals surface area contributed by atoms with Gasteiger partial charge in [-0.15, -0.1) is 11.3 Å². The average molecular weight is 433 g/mol. The summed E-state index contributed by atoms with van der Waals surface area (Å²) in [6, 6.07) is 4.51. The Labute approximate surface area is 189 Å². The third-order valence-electron chi connectivity index (χ3n) is 6.18. The molecule has 0 saturated heterocycles. The maximum Gasteiger partial charge on any atom is 0.103 e. The lowest BCUT2D eigenvalue weighted by atomic mass is 9.76. The van der Waals surface area contributed by atoms with Crippen molar-refractivity contribution < 1.29 is 0 Å². The van der Waals surface area contributed by atoms with Gasteiger partial charge < -0.3 is 0 Å². The van der Waals surface area contributed by atoms with Gasteiger partial charge in [0.1, 0.15) is 11.0 Å². The fourth-order valence-corrected chi connectivity index (χ4v) is 5.95. The molecule has 1 atom stereocenters. The van der Waals surface area contributed by atoms with Gasteiger partial charge in [-0.1, -0.05) is 60.6 Å². The van der Waals surface area contributed by atoms with E-state index in [1.807, 2.05) is 23.7 Å². The first-order valence-electron chi connectivity index (χ1n) is 11.2. The Morgan fingerprint density at radius 2 is 1.26 bits per heavy atom. The quantitative estimate of drug-likeness (QED) is 0.319. The van der Waals surface area contributed by atoms with Gasteiger partial charge >= 0.3 is 0 Å². The highest BCUT2D eigenvalue weighted by atomic mass is 32.1. The Balaban J connectivity index is 1.75. The molecule has 0 radical (unpaired) electrons. The van der Waals surface area contributed by atoms with Gasteiger partial charge in [0, 0.05) is 34.5 Å². The van der Waals surface area contributed by atoms with E-state index in [1.54, 1.807) is 12.4 Å². The highest BCUT2D eigenvalue weighted by Crippen LogP contribution is 2.43. The first kappa shape index (κ1) is 21.8. The van der Waals surface area contributed by atoms with E-state index in [0.717, 1.165) is 28.5 Å². The third kappa shape index (κ3) is 3.96. The summed E-state index contributed by atoms with van der Waals surface area (Å²) >= 11 is 1.88. The van der Waals surface area contributed by atoms with Gasteiger partial charge in [0.05, 0.1) is 11.0 Å². The van der Waals surface area contributed by atoms with Crippen LogP contribution in [0, 0.1) is 0 Å². The summed E-state index contributed by atoms with van der Waals surface area (Å²) in [5, 5.41) is 0. The van der Waals surface area contributed by atoms with Crippen LogP contribution in [0.5, 0.6) is 0 Å². The van der Waals surface area contributed by atoms with Gasteiger partial charge in [-0.3, -0.25) is 19.9 Å². The fourth-order valence-electron chi connectivity index (χ4n) is 4.70. The molecule has 0 N–H and O–H groups in total. The maximum atomic E-state index is 4.77. The Morgan fingerprint density at radius 1 is 0.710 bits per heavy atom. The molecule has 0 spiro atoms. The molecule has 4 rings (SSSR count). The van der Waals surface area contributed by atoms with Crippen molar-refractivity contribution in [2.45, 2.75) is 78.1 Å². The average Bonchev–Trinajstić information content (AvgIpc) is 3.12. The number of fused-ring (bicyclic) bond motifs is 2. The van der Waals surface area contributed by atoms with Crippen molar-refractivity contribution in [3.63, 3.8) is 0 Å². The molecule has 31 heavy (non-hydrogen) atoms. The van der Waals surface area contributed by atoms with E-state index in [0.29, 0.717) is 17.8 Å². The van der Waals surface area contributed by atoms with Gasteiger partial charge in [0.15, 0.2) is 0 Å². The van der Waals surface area contributed by atoms with E-state index >= 15 is 0 Å². The largest absolute Gasteiger partial charge is 0.253 e. The van der Waals surface area contributed by atoms with Gasteiger partial charge in [-0.05, 0) is 40.7 Å². The molecule has 0 amide bonds. The summed E-state index contributed by atoms with van der Waals surface area (Å²) in [4.78, 5) is 21.5. The van der Waals surface area contributed by atoms with Crippen molar-refractivity contribution in [1.82, 2.24) is 19.9 Å². The number of thiophene rings is 1. The molecule has 5 heteroatoms. The minimum absolute atomic E-state index is 0.0558. The molecular formula is C26H32N4S. The molecule has 0 bridgehead atoms. The van der Waals surface area contributed by atoms with Crippen LogP contribution in [0.1, 0.15) is 93.5 Å². The van der Waals surface area contributed by atoms with Crippen LogP contribution in [0.3, 0.4) is 0 Å². The second kappa shape index (κ2) is 8.27. The van der Waals surface area contributed by atoms with Crippen molar-refractivity contribution in [1.29, 1.82) is 0 Å². The lowest BCUT2D eigenvalue weighted by Crippen LogP contribution is -2.21. The predicted molar refractivity (Wildman–Crippen MR) is 131 cm³/mol. The zero-order chi connectivity index (χ0) is 22.3. The summed E-state index contributed by atoms with van der Waals surface area (Å²) in [6.45, 7) is 15.9. The van der Waals surface area contributed by atoms with E-state index in [9.17, 15) is 0 Å². The Kier molecular flexibility index (Phi) is 5.82. The van der Waals surface area contributed by atoms with E-state index in [1.165, 1.54) is 20.9 Å². The smallest absolute Gasteiger partial charge is 0.103 e. The number of rotatable bonds is 6. The monoisotopic (exact) mass is 432 g/mol. The van der Waals surface area contributed by atoms with E-state index in [4.69, 9.17) is 15.0 Å². The SMILES string of the molecule is CC(C)c1ccc(C(C)(C)CC(C)c2sc(C(C)C)c3nccnc23)c2nccnc12. The molecule has 1 aromatic carbocycles. The zero-order valence-electron chi connectivity index (χ0n) is 19.6. The molecule has 0 aliphatic carbocycles. The summed E-state index contributed by atoms with van der Waals surface area (Å²) in [7, 11) is 0. The lowest BCUT2D eigenvalue weighted by molar-refractivity contribution is 0.444. The Bertz CT molecular complexity index is 1220. The number of benzene rings is 1. The Morgan fingerprint density at radius 3 is 1.84 bits per heavy atom. The van der Waals surface area contributed by atoms with Crippen LogP contribution in [-0.2, 0) is 5.41 Å². The highest BCUT2D eigenvalue weighted by Gasteiger charge is 2.30. The minimum atomic E-state index is -0.0558. The first-order chi connectivity index (χ1) is 14.7. The lowest BCUT2D eigenvalue weighted by Gasteiger charge is -2.29.